The van der Waals surface area contributed by atoms with Crippen LogP contribution in [0.3, 0.4) is 0 Å². The molecular formula is C25H22FN3O2. The van der Waals surface area contributed by atoms with Crippen molar-refractivity contribution in [2.45, 2.75) is 26.1 Å². The van der Waals surface area contributed by atoms with Gasteiger partial charge in [0.1, 0.15) is 29.6 Å². The number of aromatic nitrogens is 2. The van der Waals surface area contributed by atoms with Crippen LogP contribution in [-0.2, 0) is 26.1 Å². The van der Waals surface area contributed by atoms with E-state index in [-0.39, 0.29) is 5.82 Å². The minimum atomic E-state index is -0.284. The zero-order valence-corrected chi connectivity index (χ0v) is 17.0. The van der Waals surface area contributed by atoms with E-state index in [9.17, 15) is 4.39 Å². The first-order valence-corrected chi connectivity index (χ1v) is 10.3. The molecule has 4 aromatic rings. The number of hydrogen-bond donors (Lipinski definition) is 0. The summed E-state index contributed by atoms with van der Waals surface area (Å²) in [6, 6.07) is 20.6. The number of pyridine rings is 1. The van der Waals surface area contributed by atoms with Crippen molar-refractivity contribution in [1.29, 1.82) is 0 Å². The van der Waals surface area contributed by atoms with Gasteiger partial charge in [0.05, 0.1) is 5.69 Å². The Morgan fingerprint density at radius 2 is 1.94 bits per heavy atom. The van der Waals surface area contributed by atoms with Crippen molar-refractivity contribution >= 4 is 0 Å². The maximum atomic E-state index is 14.3. The lowest BCUT2D eigenvalue weighted by molar-refractivity contribution is 0.228. The zero-order chi connectivity index (χ0) is 21.0. The van der Waals surface area contributed by atoms with Gasteiger partial charge in [-0.15, -0.1) is 0 Å². The van der Waals surface area contributed by atoms with Crippen molar-refractivity contribution in [1.82, 2.24) is 15.0 Å². The highest BCUT2D eigenvalue weighted by Crippen LogP contribution is 2.32. The lowest BCUT2D eigenvalue weighted by Crippen LogP contribution is -2.29. The van der Waals surface area contributed by atoms with Gasteiger partial charge in [-0.2, -0.15) is 0 Å². The van der Waals surface area contributed by atoms with Crippen LogP contribution in [0.1, 0.15) is 22.6 Å². The normalized spacial score (nSPS) is 13.7. The highest BCUT2D eigenvalue weighted by atomic mass is 19.1. The predicted molar refractivity (Wildman–Crippen MR) is 115 cm³/mol. The van der Waals surface area contributed by atoms with Crippen molar-refractivity contribution < 1.29 is 13.7 Å². The molecule has 0 saturated carbocycles. The smallest absolute Gasteiger partial charge is 0.143 e. The first kappa shape index (κ1) is 19.5. The van der Waals surface area contributed by atoms with Gasteiger partial charge >= 0.3 is 0 Å². The lowest BCUT2D eigenvalue weighted by atomic mass is 10.0. The zero-order valence-electron chi connectivity index (χ0n) is 17.0. The Kier molecular flexibility index (Phi) is 5.46. The van der Waals surface area contributed by atoms with Crippen LogP contribution < -0.4 is 4.74 Å². The number of rotatable bonds is 6. The molecule has 0 N–H and O–H groups in total. The second-order valence-corrected chi connectivity index (χ2v) is 7.63. The predicted octanol–water partition coefficient (Wildman–Crippen LogP) is 5.01. The largest absolute Gasteiger partial charge is 0.487 e. The van der Waals surface area contributed by atoms with Crippen molar-refractivity contribution in [3.8, 4) is 17.0 Å². The van der Waals surface area contributed by atoms with E-state index in [1.54, 1.807) is 18.3 Å². The molecule has 5 nitrogen and oxygen atoms in total. The lowest BCUT2D eigenvalue weighted by Gasteiger charge is -2.26. The summed E-state index contributed by atoms with van der Waals surface area (Å²) in [6.07, 6.45) is 2.52. The third-order valence-corrected chi connectivity index (χ3v) is 5.45. The van der Waals surface area contributed by atoms with Crippen molar-refractivity contribution in [2.75, 3.05) is 6.54 Å². The van der Waals surface area contributed by atoms with E-state index < -0.39 is 0 Å². The van der Waals surface area contributed by atoms with E-state index >= 15 is 0 Å². The monoisotopic (exact) mass is 415 g/mol. The molecule has 0 fully saturated rings. The SMILES string of the molecule is Fc1ccccc1-c1noc2c1CN(Cc1cccc(OCc3ccccn3)c1)CC2. The van der Waals surface area contributed by atoms with E-state index in [1.165, 1.54) is 6.07 Å². The molecule has 3 heterocycles. The molecule has 0 saturated heterocycles. The molecule has 156 valence electrons. The van der Waals surface area contributed by atoms with Gasteiger partial charge in [-0.05, 0) is 42.0 Å². The summed E-state index contributed by atoms with van der Waals surface area (Å²) in [4.78, 5) is 6.61. The number of benzene rings is 2. The van der Waals surface area contributed by atoms with Gasteiger partial charge in [-0.25, -0.2) is 4.39 Å². The summed E-state index contributed by atoms with van der Waals surface area (Å²) in [7, 11) is 0. The van der Waals surface area contributed by atoms with Gasteiger partial charge in [0.2, 0.25) is 0 Å². The molecular weight excluding hydrogens is 393 g/mol. The quantitative estimate of drug-likeness (QED) is 0.443. The van der Waals surface area contributed by atoms with Crippen molar-refractivity contribution in [2.24, 2.45) is 0 Å². The summed E-state index contributed by atoms with van der Waals surface area (Å²) < 4.78 is 25.7. The van der Waals surface area contributed by atoms with Crippen molar-refractivity contribution in [3.05, 3.63) is 101 Å². The van der Waals surface area contributed by atoms with E-state index in [4.69, 9.17) is 9.26 Å². The fourth-order valence-corrected chi connectivity index (χ4v) is 3.90. The molecule has 0 spiro atoms. The minimum Gasteiger partial charge on any atom is -0.487 e. The van der Waals surface area contributed by atoms with Crippen LogP contribution in [-0.4, -0.2) is 21.6 Å². The Morgan fingerprint density at radius 3 is 2.81 bits per heavy atom. The first-order chi connectivity index (χ1) is 15.3. The summed E-state index contributed by atoms with van der Waals surface area (Å²) in [5, 5.41) is 4.17. The van der Waals surface area contributed by atoms with E-state index in [1.807, 2.05) is 36.4 Å². The van der Waals surface area contributed by atoms with E-state index in [2.05, 4.69) is 27.2 Å². The maximum Gasteiger partial charge on any atom is 0.143 e. The van der Waals surface area contributed by atoms with Crippen molar-refractivity contribution in [3.63, 3.8) is 0 Å². The summed E-state index contributed by atoms with van der Waals surface area (Å²) in [6.45, 7) is 2.73. The number of ether oxygens (including phenoxy) is 1. The van der Waals surface area contributed by atoms with Gasteiger partial charge in [-0.1, -0.05) is 35.5 Å². The molecule has 0 amide bonds. The summed E-state index contributed by atoms with van der Waals surface area (Å²) >= 11 is 0. The molecule has 0 atom stereocenters. The van der Waals surface area contributed by atoms with Gasteiger partial charge in [0.15, 0.2) is 0 Å². The standard InChI is InChI=1S/C25H22FN3O2/c26-23-10-2-1-9-21(23)25-22-16-29(13-11-24(22)31-28-25)15-18-6-5-8-20(14-18)30-17-19-7-3-4-12-27-19/h1-10,12,14H,11,13,15-17H2. The average Bonchev–Trinajstić information content (AvgIpc) is 3.22. The second kappa shape index (κ2) is 8.70. The highest BCUT2D eigenvalue weighted by Gasteiger charge is 2.26. The molecule has 6 heteroatoms. The topological polar surface area (TPSA) is 51.4 Å². The minimum absolute atomic E-state index is 0.284. The maximum absolute atomic E-state index is 14.3. The van der Waals surface area contributed by atoms with Crippen LogP contribution in [0, 0.1) is 5.82 Å². The van der Waals surface area contributed by atoms with Crippen LogP contribution in [0.4, 0.5) is 4.39 Å². The first-order valence-electron chi connectivity index (χ1n) is 10.3. The Morgan fingerprint density at radius 1 is 1.03 bits per heavy atom. The summed E-state index contributed by atoms with van der Waals surface area (Å²) in [5.74, 6) is 1.38. The molecule has 0 radical (unpaired) electrons. The fraction of sp³-hybridized carbons (Fsp3) is 0.200. The molecule has 0 aliphatic carbocycles. The van der Waals surface area contributed by atoms with Crippen LogP contribution in [0.25, 0.3) is 11.3 Å². The van der Waals surface area contributed by atoms with E-state index in [0.717, 1.165) is 47.8 Å². The van der Waals surface area contributed by atoms with E-state index in [0.29, 0.717) is 24.4 Å². The van der Waals surface area contributed by atoms with Gasteiger partial charge in [0, 0.05) is 43.4 Å². The average molecular weight is 415 g/mol. The van der Waals surface area contributed by atoms with Gasteiger partial charge in [-0.3, -0.25) is 9.88 Å². The second-order valence-electron chi connectivity index (χ2n) is 7.63. The Balaban J connectivity index is 1.28. The Hall–Kier alpha value is -3.51. The van der Waals surface area contributed by atoms with Crippen LogP contribution in [0.2, 0.25) is 0 Å². The third kappa shape index (κ3) is 4.34. The molecule has 1 aliphatic rings. The molecule has 0 unspecified atom stereocenters. The van der Waals surface area contributed by atoms with Crippen LogP contribution >= 0.6 is 0 Å². The van der Waals surface area contributed by atoms with Crippen LogP contribution in [0.15, 0.2) is 77.4 Å². The molecule has 31 heavy (non-hydrogen) atoms. The highest BCUT2D eigenvalue weighted by molar-refractivity contribution is 5.64. The number of hydrogen-bond acceptors (Lipinski definition) is 5. The van der Waals surface area contributed by atoms with Crippen LogP contribution in [0.5, 0.6) is 5.75 Å². The molecule has 2 aromatic carbocycles. The molecule has 1 aliphatic heterocycles. The molecule has 2 aromatic heterocycles. The molecule has 5 rings (SSSR count). The van der Waals surface area contributed by atoms with Gasteiger partial charge < -0.3 is 9.26 Å². The fourth-order valence-electron chi connectivity index (χ4n) is 3.90. The number of nitrogens with zero attached hydrogens (tertiary/aromatic N) is 3. The number of halogens is 1. The Bertz CT molecular complexity index is 1180. The number of fused-ring (bicyclic) bond motifs is 1. The Labute approximate surface area is 180 Å². The molecule has 0 bridgehead atoms. The van der Waals surface area contributed by atoms with Gasteiger partial charge in [0.25, 0.3) is 0 Å². The third-order valence-electron chi connectivity index (χ3n) is 5.45. The summed E-state index contributed by atoms with van der Waals surface area (Å²) in [5.41, 5.74) is 4.11.